The number of rotatable bonds is 32. The number of aliphatic carboxylic acids is 2. The highest BCUT2D eigenvalue weighted by Gasteiger charge is 2.26. The van der Waals surface area contributed by atoms with E-state index < -0.39 is 11.9 Å². The Balaban J connectivity index is 4.80. The third-order valence-corrected chi connectivity index (χ3v) is 12.5. The highest BCUT2D eigenvalue weighted by Crippen LogP contribution is 2.32. The largest absolute Gasteiger partial charge is 0.481 e. The molecule has 0 saturated carbocycles. The normalized spacial score (nSPS) is 16.0. The molecule has 0 aliphatic rings. The molecular formula is C37H72O4S2. The summed E-state index contributed by atoms with van der Waals surface area (Å²) in [6, 6.07) is 0. The molecule has 0 spiro atoms. The summed E-state index contributed by atoms with van der Waals surface area (Å²) in [6.45, 7) is 12.8. The number of carboxylic acids is 2. The van der Waals surface area contributed by atoms with E-state index in [1.807, 2.05) is 37.4 Å². The molecule has 0 fully saturated rings. The summed E-state index contributed by atoms with van der Waals surface area (Å²) in [6.07, 6.45) is 25.6. The molecule has 0 radical (unpaired) electrons. The van der Waals surface area contributed by atoms with Gasteiger partial charge in [-0.1, -0.05) is 151 Å². The summed E-state index contributed by atoms with van der Waals surface area (Å²) < 4.78 is 0. The average Bonchev–Trinajstić information content (AvgIpc) is 2.99. The Morgan fingerprint density at radius 3 is 1.12 bits per heavy atom. The second-order valence-corrected chi connectivity index (χ2v) is 16.0. The van der Waals surface area contributed by atoms with Crippen LogP contribution >= 0.6 is 23.5 Å². The van der Waals surface area contributed by atoms with E-state index in [0.717, 1.165) is 55.4 Å². The van der Waals surface area contributed by atoms with Crippen LogP contribution in [0.5, 0.6) is 0 Å². The van der Waals surface area contributed by atoms with E-state index in [9.17, 15) is 19.8 Å². The van der Waals surface area contributed by atoms with Gasteiger partial charge in [0.2, 0.25) is 0 Å². The molecule has 6 atom stereocenters. The first-order valence-electron chi connectivity index (χ1n) is 18.4. The van der Waals surface area contributed by atoms with Crippen LogP contribution < -0.4 is 0 Å². The lowest BCUT2D eigenvalue weighted by Crippen LogP contribution is -2.24. The minimum absolute atomic E-state index is 0.163. The van der Waals surface area contributed by atoms with Gasteiger partial charge in [0.15, 0.2) is 0 Å². The summed E-state index contributed by atoms with van der Waals surface area (Å²) in [5, 5.41) is 19.9. The second-order valence-electron chi connectivity index (χ2n) is 13.3. The van der Waals surface area contributed by atoms with Gasteiger partial charge in [-0.15, -0.1) is 0 Å². The van der Waals surface area contributed by atoms with Crippen molar-refractivity contribution in [2.45, 2.75) is 187 Å². The molecule has 0 aliphatic heterocycles. The van der Waals surface area contributed by atoms with Crippen molar-refractivity contribution in [3.63, 3.8) is 0 Å². The number of unbranched alkanes of at least 4 members (excludes halogenated alkanes) is 8. The molecule has 0 rings (SSSR count). The Bertz CT molecular complexity index is 605. The summed E-state index contributed by atoms with van der Waals surface area (Å²) in [7, 11) is 0. The van der Waals surface area contributed by atoms with Crippen LogP contribution in [0.1, 0.15) is 176 Å². The van der Waals surface area contributed by atoms with E-state index in [0.29, 0.717) is 0 Å². The summed E-state index contributed by atoms with van der Waals surface area (Å²) in [4.78, 5) is 23.8. The summed E-state index contributed by atoms with van der Waals surface area (Å²) >= 11 is 3.79. The van der Waals surface area contributed by atoms with Gasteiger partial charge in [0.05, 0.1) is 11.8 Å². The third-order valence-electron chi connectivity index (χ3n) is 9.45. The van der Waals surface area contributed by atoms with Crippen LogP contribution in [0.15, 0.2) is 0 Å². The van der Waals surface area contributed by atoms with E-state index in [2.05, 4.69) is 27.7 Å². The average molecular weight is 645 g/mol. The predicted molar refractivity (Wildman–Crippen MR) is 193 cm³/mol. The van der Waals surface area contributed by atoms with Gasteiger partial charge >= 0.3 is 11.9 Å². The van der Waals surface area contributed by atoms with Gasteiger partial charge in [-0.25, -0.2) is 0 Å². The molecule has 0 bridgehead atoms. The highest BCUT2D eigenvalue weighted by molar-refractivity contribution is 8.00. The molecule has 2 N–H and O–H groups in total. The standard InChI is InChI=1S/C37H72O4S2/c1-7-11-16-22-32(20-13-9-3)26-28-42-34(30(5)36(38)39)24-18-15-19-25-35(31(6)37(40)41)43-29-27-33(21-14-10-4)23-17-12-8-2/h30-35H,7-29H2,1-6H3,(H,38,39)(H,40,41). The van der Waals surface area contributed by atoms with Crippen molar-refractivity contribution < 1.29 is 19.8 Å². The van der Waals surface area contributed by atoms with Crippen molar-refractivity contribution in [1.29, 1.82) is 0 Å². The Morgan fingerprint density at radius 2 is 0.791 bits per heavy atom. The van der Waals surface area contributed by atoms with Gasteiger partial charge in [0, 0.05) is 10.5 Å². The van der Waals surface area contributed by atoms with Gasteiger partial charge in [-0.2, -0.15) is 23.5 Å². The zero-order valence-corrected chi connectivity index (χ0v) is 30.9. The van der Waals surface area contributed by atoms with Crippen molar-refractivity contribution >= 4 is 35.5 Å². The molecule has 0 aliphatic carbocycles. The maximum atomic E-state index is 11.9. The maximum Gasteiger partial charge on any atom is 0.307 e. The smallest absolute Gasteiger partial charge is 0.307 e. The zero-order valence-electron chi connectivity index (χ0n) is 29.3. The molecule has 4 nitrogen and oxygen atoms in total. The highest BCUT2D eigenvalue weighted by atomic mass is 32.2. The molecule has 6 heteroatoms. The predicted octanol–water partition coefficient (Wildman–Crippen LogP) is 12.1. The molecule has 0 amide bonds. The first kappa shape index (κ1) is 42.6. The third kappa shape index (κ3) is 22.7. The van der Waals surface area contributed by atoms with Crippen molar-refractivity contribution in [3.05, 3.63) is 0 Å². The molecule has 43 heavy (non-hydrogen) atoms. The zero-order chi connectivity index (χ0) is 32.3. The number of carboxylic acid groups (broad SMARTS) is 2. The lowest BCUT2D eigenvalue weighted by molar-refractivity contribution is -0.142. The lowest BCUT2D eigenvalue weighted by Gasteiger charge is -2.24. The van der Waals surface area contributed by atoms with Gasteiger partial charge in [-0.3, -0.25) is 9.59 Å². The van der Waals surface area contributed by atoms with Crippen LogP contribution in [0.25, 0.3) is 0 Å². The van der Waals surface area contributed by atoms with Crippen LogP contribution in [0, 0.1) is 23.7 Å². The first-order valence-corrected chi connectivity index (χ1v) is 20.5. The minimum Gasteiger partial charge on any atom is -0.481 e. The number of carbonyl (C=O) groups is 2. The SMILES string of the molecule is CCCCCC(CCCC)CCSC(CCCCCC(SCCC(CCCC)CCCCC)C(C)C(=O)O)C(C)C(=O)O. The topological polar surface area (TPSA) is 74.6 Å². The quantitative estimate of drug-likeness (QED) is 0.0710. The fourth-order valence-corrected chi connectivity index (χ4v) is 9.15. The van der Waals surface area contributed by atoms with Gasteiger partial charge < -0.3 is 10.2 Å². The Kier molecular flexibility index (Phi) is 28.8. The fraction of sp³-hybridized carbons (Fsp3) is 0.946. The Morgan fingerprint density at radius 1 is 0.465 bits per heavy atom. The van der Waals surface area contributed by atoms with E-state index in [1.165, 1.54) is 103 Å². The van der Waals surface area contributed by atoms with Crippen molar-refractivity contribution in [2.24, 2.45) is 23.7 Å². The molecule has 0 aromatic rings. The van der Waals surface area contributed by atoms with E-state index >= 15 is 0 Å². The van der Waals surface area contributed by atoms with E-state index in [4.69, 9.17) is 0 Å². The summed E-state index contributed by atoms with van der Waals surface area (Å²) in [5.74, 6) is 1.68. The number of hydrogen-bond donors (Lipinski definition) is 2. The van der Waals surface area contributed by atoms with Crippen LogP contribution in [0.4, 0.5) is 0 Å². The van der Waals surface area contributed by atoms with E-state index in [-0.39, 0.29) is 22.3 Å². The van der Waals surface area contributed by atoms with Crippen LogP contribution in [0.2, 0.25) is 0 Å². The lowest BCUT2D eigenvalue weighted by atomic mass is 9.93. The van der Waals surface area contributed by atoms with Crippen molar-refractivity contribution in [2.75, 3.05) is 11.5 Å². The van der Waals surface area contributed by atoms with Crippen LogP contribution in [-0.4, -0.2) is 44.2 Å². The van der Waals surface area contributed by atoms with Crippen LogP contribution in [0.3, 0.4) is 0 Å². The van der Waals surface area contributed by atoms with Crippen molar-refractivity contribution in [1.82, 2.24) is 0 Å². The molecular weight excluding hydrogens is 573 g/mol. The van der Waals surface area contributed by atoms with Crippen LogP contribution in [-0.2, 0) is 9.59 Å². The second kappa shape index (κ2) is 29.1. The first-order chi connectivity index (χ1) is 20.7. The molecule has 256 valence electrons. The Hall–Kier alpha value is -0.360. The molecule has 0 aromatic heterocycles. The van der Waals surface area contributed by atoms with Gasteiger partial charge in [-0.05, 0) is 49.0 Å². The molecule has 6 unspecified atom stereocenters. The monoisotopic (exact) mass is 644 g/mol. The summed E-state index contributed by atoms with van der Waals surface area (Å²) in [5.41, 5.74) is 0. The molecule has 0 aromatic carbocycles. The maximum absolute atomic E-state index is 11.9. The Labute approximate surface area is 276 Å². The minimum atomic E-state index is -0.679. The molecule has 0 saturated heterocycles. The van der Waals surface area contributed by atoms with Gasteiger partial charge in [0.25, 0.3) is 0 Å². The van der Waals surface area contributed by atoms with Gasteiger partial charge in [0.1, 0.15) is 0 Å². The van der Waals surface area contributed by atoms with Crippen molar-refractivity contribution in [3.8, 4) is 0 Å². The molecule has 0 heterocycles. The number of thioether (sulfide) groups is 2. The fourth-order valence-electron chi connectivity index (χ4n) is 6.13. The van der Waals surface area contributed by atoms with E-state index in [1.54, 1.807) is 0 Å². The number of hydrogen-bond acceptors (Lipinski definition) is 4.